The van der Waals surface area contributed by atoms with E-state index in [4.69, 9.17) is 42.8 Å². The number of morpholine rings is 1. The van der Waals surface area contributed by atoms with Crippen LogP contribution < -0.4 is 5.30 Å². The summed E-state index contributed by atoms with van der Waals surface area (Å²) in [5.74, 6) is 0.751. The Hall–Kier alpha value is -2.73. The number of benzene rings is 2. The maximum Gasteiger partial charge on any atom is 0.165 e. The molecule has 2 aromatic carbocycles. The number of hydrogen-bond acceptors (Lipinski definition) is 5. The van der Waals surface area contributed by atoms with Crippen molar-refractivity contribution in [2.75, 3.05) is 13.1 Å². The fraction of sp³-hybridized carbons (Fsp3) is 0.414. The molecule has 41 heavy (non-hydrogen) atoms. The lowest BCUT2D eigenvalue weighted by Gasteiger charge is -2.50. The molecule has 3 atom stereocenters. The van der Waals surface area contributed by atoms with Crippen molar-refractivity contribution in [2.45, 2.75) is 64.8 Å². The molecule has 1 saturated carbocycles. The van der Waals surface area contributed by atoms with Gasteiger partial charge in [-0.3, -0.25) is 0 Å². The summed E-state index contributed by atoms with van der Waals surface area (Å²) in [6.45, 7) is 7.63. The highest BCUT2D eigenvalue weighted by molar-refractivity contribution is 7.70. The van der Waals surface area contributed by atoms with Crippen LogP contribution >= 0.6 is 30.6 Å². The van der Waals surface area contributed by atoms with Crippen molar-refractivity contribution in [1.29, 1.82) is 5.26 Å². The summed E-state index contributed by atoms with van der Waals surface area (Å²) in [5, 5.41) is 16.1. The van der Waals surface area contributed by atoms with Gasteiger partial charge in [-0.1, -0.05) is 41.4 Å². The molecule has 1 aliphatic carbocycles. The predicted molar refractivity (Wildman–Crippen MR) is 161 cm³/mol. The summed E-state index contributed by atoms with van der Waals surface area (Å²) in [6, 6.07) is 14.4. The van der Waals surface area contributed by atoms with Crippen LogP contribution in [0.2, 0.25) is 10.0 Å². The molecule has 3 unspecified atom stereocenters. The monoisotopic (exact) mass is 613 g/mol. The number of aromatic nitrogens is 2. The lowest BCUT2D eigenvalue weighted by Crippen LogP contribution is -2.51. The van der Waals surface area contributed by atoms with E-state index in [-0.39, 0.29) is 30.5 Å². The number of ether oxygens (including phenoxy) is 1. The van der Waals surface area contributed by atoms with Crippen LogP contribution in [0, 0.1) is 24.1 Å². The van der Waals surface area contributed by atoms with Crippen molar-refractivity contribution in [3.8, 4) is 6.07 Å². The van der Waals surface area contributed by atoms with Gasteiger partial charge in [0.1, 0.15) is 17.3 Å². The van der Waals surface area contributed by atoms with E-state index in [1.807, 2.05) is 13.0 Å². The number of aliphatic imine (C=N–C) groups is 1. The molecule has 1 aromatic heterocycles. The number of aryl methyl sites for hydroxylation is 2. The van der Waals surface area contributed by atoms with Gasteiger partial charge >= 0.3 is 0 Å². The van der Waals surface area contributed by atoms with E-state index in [0.29, 0.717) is 52.6 Å². The molecular weight excluding hydrogens is 583 g/mol. The molecule has 3 aromatic rings. The van der Waals surface area contributed by atoms with Gasteiger partial charge in [0.15, 0.2) is 13.2 Å². The molecule has 214 valence electrons. The molecule has 0 bridgehead atoms. The summed E-state index contributed by atoms with van der Waals surface area (Å²) < 4.78 is 33.8. The van der Waals surface area contributed by atoms with Gasteiger partial charge in [0.05, 0.1) is 57.8 Å². The van der Waals surface area contributed by atoms with Crippen molar-refractivity contribution in [3.63, 3.8) is 0 Å². The van der Waals surface area contributed by atoms with Gasteiger partial charge in [-0.2, -0.15) is 10.4 Å². The van der Waals surface area contributed by atoms with Crippen LogP contribution in [0.25, 0.3) is 0 Å². The van der Waals surface area contributed by atoms with Gasteiger partial charge in [0.25, 0.3) is 0 Å². The molecule has 12 heteroatoms. The van der Waals surface area contributed by atoms with Gasteiger partial charge < -0.3 is 9.41 Å². The van der Waals surface area contributed by atoms with Crippen LogP contribution in [0.4, 0.5) is 15.9 Å². The van der Waals surface area contributed by atoms with E-state index in [9.17, 15) is 5.26 Å². The molecule has 0 amide bonds. The van der Waals surface area contributed by atoms with Gasteiger partial charge in [0, 0.05) is 19.1 Å². The average molecular weight is 614 g/mol. The highest BCUT2D eigenvalue weighted by atomic mass is 35.5. The molecule has 3 heterocycles. The van der Waals surface area contributed by atoms with Gasteiger partial charge in [-0.05, 0) is 57.9 Å². The standard InChI is InChI=1S/C29H31Cl2FN7OP/c1-18-16-37(17-19(2)40-18)41(36-26-23(30)9-6-10-24(26)31)27-20(3)35-38(15-7-14-33)29(27)34-28(39(41)21-12-13-21)22-8-4-5-11-25(22)32/h4-6,8-11,18-19,21H,7,12-13,15-17H2,1-3H3. The molecule has 8 nitrogen and oxygen atoms in total. The van der Waals surface area contributed by atoms with Crippen LogP contribution in [0.3, 0.4) is 0 Å². The molecular formula is C29H31Cl2FN7OP. The first kappa shape index (κ1) is 28.4. The summed E-state index contributed by atoms with van der Waals surface area (Å²) >= 11 is 13.6. The van der Waals surface area contributed by atoms with Crippen LogP contribution in [0.1, 0.15) is 44.4 Å². The minimum absolute atomic E-state index is 0.0678. The van der Waals surface area contributed by atoms with Crippen LogP contribution in [-0.4, -0.2) is 56.3 Å². The molecule has 3 aliphatic rings. The fourth-order valence-electron chi connectivity index (χ4n) is 5.81. The van der Waals surface area contributed by atoms with E-state index in [1.54, 1.807) is 35.0 Å². The Kier molecular flexibility index (Phi) is 7.73. The van der Waals surface area contributed by atoms with Crippen LogP contribution in [0.5, 0.6) is 0 Å². The molecule has 0 radical (unpaired) electrons. The van der Waals surface area contributed by atoms with Gasteiger partial charge in [-0.25, -0.2) is 23.5 Å². The topological polar surface area (TPSA) is 82.0 Å². The zero-order chi connectivity index (χ0) is 28.9. The Morgan fingerprint density at radius 2 is 1.78 bits per heavy atom. The first-order valence-corrected chi connectivity index (χ1v) is 16.2. The Labute approximate surface area is 249 Å². The quantitative estimate of drug-likeness (QED) is 0.274. The van der Waals surface area contributed by atoms with E-state index >= 15 is 4.39 Å². The number of nitrogens with zero attached hydrogens (tertiary/aromatic N) is 7. The SMILES string of the molecule is Cc1nn(CCC#N)c2c1P(=Nc1c(Cl)cccc1Cl)(N1CC(C)OC(C)C1)N(C1CC1)C(c1ccccc1F)=N2. The molecule has 6 rings (SSSR count). The van der Waals surface area contributed by atoms with Gasteiger partial charge in [0.2, 0.25) is 0 Å². The lowest BCUT2D eigenvalue weighted by molar-refractivity contribution is -0.0443. The summed E-state index contributed by atoms with van der Waals surface area (Å²) in [4.78, 5) is 5.14. The minimum atomic E-state index is -3.02. The minimum Gasteiger partial charge on any atom is -0.373 e. The summed E-state index contributed by atoms with van der Waals surface area (Å²) in [5.41, 5.74) is 1.66. The number of nitriles is 1. The zero-order valence-electron chi connectivity index (χ0n) is 23.1. The second kappa shape index (κ2) is 11.2. The van der Waals surface area contributed by atoms with E-state index in [2.05, 4.69) is 29.3 Å². The largest absolute Gasteiger partial charge is 0.373 e. The second-order valence-electron chi connectivity index (χ2n) is 10.7. The highest BCUT2D eigenvalue weighted by Crippen LogP contribution is 2.66. The molecule has 2 aliphatic heterocycles. The van der Waals surface area contributed by atoms with Crippen molar-refractivity contribution in [1.82, 2.24) is 19.1 Å². The molecule has 0 spiro atoms. The van der Waals surface area contributed by atoms with E-state index in [1.165, 1.54) is 6.07 Å². The number of hydrogen-bond donors (Lipinski definition) is 0. The third-order valence-electron chi connectivity index (χ3n) is 7.51. The molecule has 2 fully saturated rings. The van der Waals surface area contributed by atoms with E-state index in [0.717, 1.165) is 23.8 Å². The lowest BCUT2D eigenvalue weighted by atomic mass is 10.2. The fourth-order valence-corrected chi connectivity index (χ4v) is 10.9. The molecule has 1 saturated heterocycles. The predicted octanol–water partition coefficient (Wildman–Crippen LogP) is 7.20. The first-order chi connectivity index (χ1) is 19.7. The Bertz CT molecular complexity index is 1600. The Morgan fingerprint density at radius 3 is 2.41 bits per heavy atom. The Morgan fingerprint density at radius 1 is 1.10 bits per heavy atom. The van der Waals surface area contributed by atoms with Crippen molar-refractivity contribution >= 4 is 53.2 Å². The highest BCUT2D eigenvalue weighted by Gasteiger charge is 2.53. The van der Waals surface area contributed by atoms with Crippen molar-refractivity contribution in [2.24, 2.45) is 9.74 Å². The van der Waals surface area contributed by atoms with E-state index < -0.39 is 7.36 Å². The smallest absolute Gasteiger partial charge is 0.165 e. The van der Waals surface area contributed by atoms with Crippen molar-refractivity contribution in [3.05, 3.63) is 69.6 Å². The number of amidine groups is 1. The third kappa shape index (κ3) is 5.00. The third-order valence-corrected chi connectivity index (χ3v) is 12.0. The maximum absolute atomic E-state index is 15.6. The maximum atomic E-state index is 15.6. The number of rotatable bonds is 6. The average Bonchev–Trinajstić information content (AvgIpc) is 3.72. The summed E-state index contributed by atoms with van der Waals surface area (Å²) in [6.07, 6.45) is 1.97. The second-order valence-corrected chi connectivity index (χ2v) is 14.3. The Balaban J connectivity index is 1.76. The zero-order valence-corrected chi connectivity index (χ0v) is 25.5. The van der Waals surface area contributed by atoms with Crippen LogP contribution in [-0.2, 0) is 11.3 Å². The number of halogens is 3. The van der Waals surface area contributed by atoms with Crippen LogP contribution in [0.15, 0.2) is 52.2 Å². The summed E-state index contributed by atoms with van der Waals surface area (Å²) in [7, 11) is -3.02. The van der Waals surface area contributed by atoms with Gasteiger partial charge in [-0.15, -0.1) is 0 Å². The molecule has 0 N–H and O–H groups in total. The van der Waals surface area contributed by atoms with Crippen molar-refractivity contribution < 1.29 is 9.13 Å². The normalized spacial score (nSPS) is 24.5. The number of fused-ring (bicyclic) bond motifs is 1. The first-order valence-electron chi connectivity index (χ1n) is 13.8.